The summed E-state index contributed by atoms with van der Waals surface area (Å²) in [4.78, 5) is 4.61. The highest BCUT2D eigenvalue weighted by Crippen LogP contribution is 2.34. The minimum absolute atomic E-state index is 0.169. The Labute approximate surface area is 140 Å². The van der Waals surface area contributed by atoms with Crippen LogP contribution in [0.1, 0.15) is 37.9 Å². The van der Waals surface area contributed by atoms with Gasteiger partial charge in [0, 0.05) is 18.3 Å². The molecule has 0 N–H and O–H groups in total. The standard InChI is InChI=1S/C20H18F3N/c1-13(2)19(15-7-10-16(11-8-15)20(21,22)23)18-12-9-14-5-3-4-6-17(14)24-18/h3-13,19H,1-2H3/i19D. The van der Waals surface area contributed by atoms with Crippen molar-refractivity contribution >= 4 is 10.9 Å². The van der Waals surface area contributed by atoms with Gasteiger partial charge < -0.3 is 0 Å². The molecule has 0 fully saturated rings. The van der Waals surface area contributed by atoms with Crippen molar-refractivity contribution in [1.29, 1.82) is 0 Å². The average Bonchev–Trinajstić information content (AvgIpc) is 2.59. The van der Waals surface area contributed by atoms with E-state index in [2.05, 4.69) is 4.98 Å². The van der Waals surface area contributed by atoms with Crippen molar-refractivity contribution in [2.24, 2.45) is 5.92 Å². The molecule has 0 bridgehead atoms. The van der Waals surface area contributed by atoms with Crippen LogP contribution in [0.2, 0.25) is 0 Å². The van der Waals surface area contributed by atoms with Crippen molar-refractivity contribution in [3.8, 4) is 0 Å². The van der Waals surface area contributed by atoms with E-state index in [1.54, 1.807) is 6.07 Å². The largest absolute Gasteiger partial charge is 0.416 e. The molecular weight excluding hydrogens is 311 g/mol. The second-order valence-corrected chi connectivity index (χ2v) is 6.03. The number of rotatable bonds is 3. The third kappa shape index (κ3) is 3.28. The molecule has 1 atom stereocenters. The van der Waals surface area contributed by atoms with Crippen LogP contribution in [0.25, 0.3) is 10.9 Å². The molecule has 124 valence electrons. The van der Waals surface area contributed by atoms with Gasteiger partial charge in [-0.05, 0) is 35.7 Å². The fraction of sp³-hybridized carbons (Fsp3) is 0.250. The van der Waals surface area contributed by atoms with Gasteiger partial charge in [-0.1, -0.05) is 50.2 Å². The van der Waals surface area contributed by atoms with Crippen LogP contribution in [-0.2, 0) is 6.18 Å². The highest BCUT2D eigenvalue weighted by molar-refractivity contribution is 5.78. The second kappa shape index (κ2) is 6.27. The molecule has 0 saturated carbocycles. The van der Waals surface area contributed by atoms with E-state index < -0.39 is 17.6 Å². The maximum absolute atomic E-state index is 12.8. The predicted octanol–water partition coefficient (Wildman–Crippen LogP) is 6.04. The number of hydrogen-bond donors (Lipinski definition) is 0. The molecule has 0 aliphatic heterocycles. The first kappa shape index (κ1) is 15.2. The number of hydrogen-bond acceptors (Lipinski definition) is 1. The Morgan fingerprint density at radius 1 is 0.917 bits per heavy atom. The molecule has 0 aliphatic rings. The zero-order valence-corrected chi connectivity index (χ0v) is 13.4. The number of nitrogens with zero attached hydrogens (tertiary/aromatic N) is 1. The summed E-state index contributed by atoms with van der Waals surface area (Å²) in [5, 5.41) is 0.963. The molecule has 3 rings (SSSR count). The summed E-state index contributed by atoms with van der Waals surface area (Å²) >= 11 is 0. The van der Waals surface area contributed by atoms with Crippen LogP contribution >= 0.6 is 0 Å². The monoisotopic (exact) mass is 330 g/mol. The molecule has 1 heterocycles. The molecular formula is C20H18F3N. The topological polar surface area (TPSA) is 12.9 Å². The molecule has 0 radical (unpaired) electrons. The fourth-order valence-corrected chi connectivity index (χ4v) is 2.83. The van der Waals surface area contributed by atoms with Crippen LogP contribution in [-0.4, -0.2) is 4.98 Å². The van der Waals surface area contributed by atoms with Gasteiger partial charge in [-0.2, -0.15) is 13.2 Å². The van der Waals surface area contributed by atoms with Gasteiger partial charge in [-0.3, -0.25) is 4.98 Å². The summed E-state index contributed by atoms with van der Waals surface area (Å²) in [7, 11) is 0. The average molecular weight is 330 g/mol. The maximum atomic E-state index is 12.8. The number of halogens is 3. The van der Waals surface area contributed by atoms with Crippen LogP contribution < -0.4 is 0 Å². The molecule has 0 spiro atoms. The number of fused-ring (bicyclic) bond motifs is 1. The van der Waals surface area contributed by atoms with Gasteiger partial charge in [0.1, 0.15) is 0 Å². The molecule has 3 aromatic rings. The Kier molecular flexibility index (Phi) is 3.97. The van der Waals surface area contributed by atoms with E-state index in [0.717, 1.165) is 23.0 Å². The van der Waals surface area contributed by atoms with Crippen LogP contribution in [0, 0.1) is 5.92 Å². The SMILES string of the molecule is [2H]C(c1ccc(C(F)(F)F)cc1)(c1ccc2ccccc2n1)C(C)C. The number of benzene rings is 2. The summed E-state index contributed by atoms with van der Waals surface area (Å²) in [6.45, 7) is 3.75. The second-order valence-electron chi connectivity index (χ2n) is 6.03. The van der Waals surface area contributed by atoms with E-state index in [9.17, 15) is 13.2 Å². The van der Waals surface area contributed by atoms with Crippen molar-refractivity contribution in [3.63, 3.8) is 0 Å². The first-order valence-corrected chi connectivity index (χ1v) is 7.77. The number of aromatic nitrogens is 1. The number of para-hydroxylation sites is 1. The van der Waals surface area contributed by atoms with Gasteiger partial charge in [0.25, 0.3) is 0 Å². The summed E-state index contributed by atoms with van der Waals surface area (Å²) in [5.74, 6) is -1.40. The molecule has 0 saturated heterocycles. The molecule has 0 aliphatic carbocycles. The van der Waals surface area contributed by atoms with Crippen LogP contribution in [0.4, 0.5) is 13.2 Å². The zero-order chi connectivity index (χ0) is 18.2. The lowest BCUT2D eigenvalue weighted by molar-refractivity contribution is -0.137. The van der Waals surface area contributed by atoms with E-state index in [1.807, 2.05) is 44.2 Å². The molecule has 1 nitrogen and oxygen atoms in total. The van der Waals surface area contributed by atoms with E-state index in [0.29, 0.717) is 11.3 Å². The Morgan fingerprint density at radius 3 is 2.21 bits per heavy atom. The third-order valence-electron chi connectivity index (χ3n) is 3.97. The van der Waals surface area contributed by atoms with E-state index in [4.69, 9.17) is 1.37 Å². The predicted molar refractivity (Wildman–Crippen MR) is 89.9 cm³/mol. The smallest absolute Gasteiger partial charge is 0.252 e. The summed E-state index contributed by atoms with van der Waals surface area (Å²) in [5.41, 5.74) is 1.08. The highest BCUT2D eigenvalue weighted by Gasteiger charge is 2.30. The van der Waals surface area contributed by atoms with Crippen molar-refractivity contribution in [2.75, 3.05) is 0 Å². The minimum atomic E-state index is -4.39. The van der Waals surface area contributed by atoms with Gasteiger partial charge in [0.2, 0.25) is 0 Å². The summed E-state index contributed by atoms with van der Waals surface area (Å²) < 4.78 is 47.5. The van der Waals surface area contributed by atoms with Gasteiger partial charge in [-0.25, -0.2) is 0 Å². The Bertz CT molecular complexity index is 887. The van der Waals surface area contributed by atoms with Crippen molar-refractivity contribution in [1.82, 2.24) is 4.98 Å². The van der Waals surface area contributed by atoms with Crippen LogP contribution in [0.3, 0.4) is 0 Å². The van der Waals surface area contributed by atoms with Crippen molar-refractivity contribution in [2.45, 2.75) is 25.9 Å². The Morgan fingerprint density at radius 2 is 1.58 bits per heavy atom. The minimum Gasteiger partial charge on any atom is -0.252 e. The highest BCUT2D eigenvalue weighted by atomic mass is 19.4. The van der Waals surface area contributed by atoms with Crippen LogP contribution in [0.5, 0.6) is 0 Å². The quantitative estimate of drug-likeness (QED) is 0.570. The Balaban J connectivity index is 2.12. The zero-order valence-electron chi connectivity index (χ0n) is 14.4. The molecule has 4 heteroatoms. The summed E-state index contributed by atoms with van der Waals surface area (Å²) in [6.07, 6.45) is -4.39. The van der Waals surface area contributed by atoms with Gasteiger partial charge in [0.15, 0.2) is 0 Å². The number of pyridine rings is 1. The van der Waals surface area contributed by atoms with E-state index >= 15 is 0 Å². The molecule has 24 heavy (non-hydrogen) atoms. The molecule has 2 aromatic carbocycles. The van der Waals surface area contributed by atoms with Gasteiger partial charge in [0.05, 0.1) is 11.1 Å². The normalized spacial score (nSPS) is 15.3. The van der Waals surface area contributed by atoms with Gasteiger partial charge >= 0.3 is 6.18 Å². The lowest BCUT2D eigenvalue weighted by atomic mass is 9.85. The Hall–Kier alpha value is -2.36. The van der Waals surface area contributed by atoms with Crippen molar-refractivity contribution < 1.29 is 14.5 Å². The maximum Gasteiger partial charge on any atom is 0.416 e. The fourth-order valence-electron chi connectivity index (χ4n) is 2.83. The van der Waals surface area contributed by atoms with E-state index in [-0.39, 0.29) is 5.92 Å². The van der Waals surface area contributed by atoms with E-state index in [1.165, 1.54) is 12.1 Å². The molecule has 0 amide bonds. The number of alkyl halides is 3. The van der Waals surface area contributed by atoms with Crippen LogP contribution in [0.15, 0.2) is 60.7 Å². The first-order chi connectivity index (χ1) is 11.7. The molecule has 1 unspecified atom stereocenters. The van der Waals surface area contributed by atoms with Gasteiger partial charge in [-0.15, -0.1) is 0 Å². The third-order valence-corrected chi connectivity index (χ3v) is 3.97. The first-order valence-electron chi connectivity index (χ1n) is 8.27. The lowest BCUT2D eigenvalue weighted by Gasteiger charge is -2.22. The summed E-state index contributed by atoms with van der Waals surface area (Å²) in [6, 6.07) is 16.1. The molecule has 1 aromatic heterocycles. The lowest BCUT2D eigenvalue weighted by Crippen LogP contribution is -2.11. The van der Waals surface area contributed by atoms with Crippen molar-refractivity contribution in [3.05, 3.63) is 77.5 Å².